The highest BCUT2D eigenvalue weighted by Gasteiger charge is 2.21. The molecule has 0 bridgehead atoms. The smallest absolute Gasteiger partial charge is 0.251 e. The van der Waals surface area contributed by atoms with E-state index in [1.807, 2.05) is 32.0 Å². The number of amides is 1. The number of benzene rings is 2. The zero-order valence-corrected chi connectivity index (χ0v) is 25.3. The first kappa shape index (κ1) is 33.2. The molecule has 1 saturated heterocycles. The Bertz CT molecular complexity index is 1060. The van der Waals surface area contributed by atoms with Crippen LogP contribution < -0.4 is 5.32 Å². The molecule has 0 radical (unpaired) electrons. The van der Waals surface area contributed by atoms with Gasteiger partial charge in [-0.25, -0.2) is 0 Å². The van der Waals surface area contributed by atoms with Gasteiger partial charge < -0.3 is 24.3 Å². The molecule has 1 aliphatic rings. The Hall–Kier alpha value is -2.33. The lowest BCUT2D eigenvalue weighted by Gasteiger charge is -2.33. The molecule has 0 spiro atoms. The number of carbonyl (C=O) groups is 2. The predicted octanol–water partition coefficient (Wildman–Crippen LogP) is 4.63. The molecule has 226 valence electrons. The monoisotopic (exact) mass is 588 g/mol. The Morgan fingerprint density at radius 1 is 0.976 bits per heavy atom. The van der Waals surface area contributed by atoms with Crippen LogP contribution in [0.5, 0.6) is 0 Å². The molecule has 1 amide bonds. The van der Waals surface area contributed by atoms with Crippen molar-refractivity contribution in [2.24, 2.45) is 0 Å². The minimum Gasteiger partial charge on any atom is -0.379 e. The third-order valence-electron chi connectivity index (χ3n) is 6.99. The number of halogens is 1. The van der Waals surface area contributed by atoms with Gasteiger partial charge in [0.25, 0.3) is 5.91 Å². The van der Waals surface area contributed by atoms with E-state index in [4.69, 9.17) is 30.5 Å². The van der Waals surface area contributed by atoms with Crippen LogP contribution in [0.4, 0.5) is 0 Å². The summed E-state index contributed by atoms with van der Waals surface area (Å²) in [6.07, 6.45) is 2.47. The molecule has 1 heterocycles. The van der Waals surface area contributed by atoms with Crippen LogP contribution in [-0.2, 0) is 36.7 Å². The molecular formula is C32H45ClN2O6. The SMILES string of the molecule is CCOCCOCCOCCNC(=O)c1ccc(CCC(=O)CC[C@H]2CN(Cc3ccc(Cl)c(C)c3)CCO2)cc1. The Morgan fingerprint density at radius 2 is 1.68 bits per heavy atom. The van der Waals surface area contributed by atoms with Gasteiger partial charge in [-0.1, -0.05) is 35.9 Å². The average Bonchev–Trinajstić information content (AvgIpc) is 2.98. The lowest BCUT2D eigenvalue weighted by atomic mass is 10.0. The normalized spacial score (nSPS) is 15.6. The summed E-state index contributed by atoms with van der Waals surface area (Å²) in [5, 5.41) is 3.65. The summed E-state index contributed by atoms with van der Waals surface area (Å²) in [6, 6.07) is 13.6. The van der Waals surface area contributed by atoms with E-state index in [2.05, 4.69) is 22.3 Å². The predicted molar refractivity (Wildman–Crippen MR) is 161 cm³/mol. The van der Waals surface area contributed by atoms with E-state index >= 15 is 0 Å². The van der Waals surface area contributed by atoms with E-state index < -0.39 is 0 Å². The fourth-order valence-electron chi connectivity index (χ4n) is 4.64. The molecule has 41 heavy (non-hydrogen) atoms. The van der Waals surface area contributed by atoms with Crippen LogP contribution in [0.1, 0.15) is 53.2 Å². The summed E-state index contributed by atoms with van der Waals surface area (Å²) in [7, 11) is 0. The Balaban J connectivity index is 1.26. The van der Waals surface area contributed by atoms with E-state index in [-0.39, 0.29) is 17.8 Å². The molecule has 9 heteroatoms. The molecule has 1 atom stereocenters. The first-order chi connectivity index (χ1) is 19.9. The highest BCUT2D eigenvalue weighted by atomic mass is 35.5. The van der Waals surface area contributed by atoms with Gasteiger partial charge in [0.15, 0.2) is 0 Å². The molecule has 3 rings (SSSR count). The van der Waals surface area contributed by atoms with Gasteiger partial charge in [0.05, 0.1) is 45.7 Å². The number of ether oxygens (including phenoxy) is 4. The summed E-state index contributed by atoms with van der Waals surface area (Å²) in [5.41, 5.74) is 3.96. The summed E-state index contributed by atoms with van der Waals surface area (Å²) in [5.74, 6) is 0.0949. The van der Waals surface area contributed by atoms with Gasteiger partial charge in [0.1, 0.15) is 5.78 Å². The zero-order valence-electron chi connectivity index (χ0n) is 24.5. The zero-order chi connectivity index (χ0) is 29.3. The van der Waals surface area contributed by atoms with Crippen LogP contribution in [0.25, 0.3) is 0 Å². The molecule has 0 saturated carbocycles. The van der Waals surface area contributed by atoms with Gasteiger partial charge >= 0.3 is 0 Å². The molecule has 8 nitrogen and oxygen atoms in total. The number of hydrogen-bond donors (Lipinski definition) is 1. The maximum absolute atomic E-state index is 12.6. The Labute approximate surface area is 249 Å². The van der Waals surface area contributed by atoms with E-state index in [1.54, 1.807) is 12.1 Å². The molecule has 1 fully saturated rings. The molecule has 0 unspecified atom stereocenters. The summed E-state index contributed by atoms with van der Waals surface area (Å²) >= 11 is 6.16. The van der Waals surface area contributed by atoms with Crippen molar-refractivity contribution in [2.75, 3.05) is 65.9 Å². The molecule has 0 aliphatic carbocycles. The van der Waals surface area contributed by atoms with Crippen molar-refractivity contribution >= 4 is 23.3 Å². The van der Waals surface area contributed by atoms with Gasteiger partial charge in [-0.15, -0.1) is 0 Å². The number of nitrogens with zero attached hydrogens (tertiary/aromatic N) is 1. The van der Waals surface area contributed by atoms with Crippen LogP contribution in [-0.4, -0.2) is 88.6 Å². The second kappa shape index (κ2) is 19.0. The number of rotatable bonds is 19. The first-order valence-electron chi connectivity index (χ1n) is 14.7. The highest BCUT2D eigenvalue weighted by Crippen LogP contribution is 2.19. The number of morpholine rings is 1. The molecule has 2 aromatic rings. The number of carbonyl (C=O) groups excluding carboxylic acids is 2. The second-order valence-corrected chi connectivity index (χ2v) is 10.7. The van der Waals surface area contributed by atoms with Crippen molar-refractivity contribution in [2.45, 2.75) is 52.2 Å². The largest absolute Gasteiger partial charge is 0.379 e. The topological polar surface area (TPSA) is 86.3 Å². The highest BCUT2D eigenvalue weighted by molar-refractivity contribution is 6.31. The van der Waals surface area contributed by atoms with Crippen molar-refractivity contribution < 1.29 is 28.5 Å². The minimum atomic E-state index is -0.142. The van der Waals surface area contributed by atoms with Gasteiger partial charge in [-0.3, -0.25) is 14.5 Å². The van der Waals surface area contributed by atoms with Crippen LogP contribution >= 0.6 is 11.6 Å². The summed E-state index contributed by atoms with van der Waals surface area (Å²) < 4.78 is 22.0. The molecule has 1 N–H and O–H groups in total. The van der Waals surface area contributed by atoms with Crippen LogP contribution in [0.2, 0.25) is 5.02 Å². The fourth-order valence-corrected chi connectivity index (χ4v) is 4.76. The van der Waals surface area contributed by atoms with Gasteiger partial charge in [-0.2, -0.15) is 0 Å². The number of aryl methyl sites for hydroxylation is 2. The van der Waals surface area contributed by atoms with Crippen molar-refractivity contribution in [3.63, 3.8) is 0 Å². The van der Waals surface area contributed by atoms with Crippen LogP contribution in [0.15, 0.2) is 42.5 Å². The lowest BCUT2D eigenvalue weighted by molar-refractivity contribution is -0.120. The molecule has 2 aromatic carbocycles. The summed E-state index contributed by atoms with van der Waals surface area (Å²) in [4.78, 5) is 27.3. The van der Waals surface area contributed by atoms with Crippen molar-refractivity contribution in [1.82, 2.24) is 10.2 Å². The van der Waals surface area contributed by atoms with Crippen LogP contribution in [0.3, 0.4) is 0 Å². The standard InChI is InChI=1S/C32H45ClN2O6/c1-3-38-18-19-40-21-20-39-16-14-34-32(37)28-8-4-26(5-9-28)6-10-29(36)11-12-30-24-35(15-17-41-30)23-27-7-13-31(33)25(2)22-27/h4-5,7-9,13,22,30H,3,6,10-12,14-21,23-24H2,1-2H3,(H,34,37)/t30-/m0/s1. The first-order valence-corrected chi connectivity index (χ1v) is 15.0. The molecule has 1 aliphatic heterocycles. The number of Topliss-reactive ketones (excluding diaryl/α,β-unsaturated/α-hetero) is 1. The van der Waals surface area contributed by atoms with E-state index in [0.29, 0.717) is 77.6 Å². The van der Waals surface area contributed by atoms with Crippen molar-refractivity contribution in [3.8, 4) is 0 Å². The van der Waals surface area contributed by atoms with Crippen molar-refractivity contribution in [1.29, 1.82) is 0 Å². The maximum Gasteiger partial charge on any atom is 0.251 e. The number of ketones is 1. The maximum atomic E-state index is 12.6. The minimum absolute atomic E-state index is 0.0725. The lowest BCUT2D eigenvalue weighted by Crippen LogP contribution is -2.42. The molecular weight excluding hydrogens is 544 g/mol. The third-order valence-corrected chi connectivity index (χ3v) is 7.41. The second-order valence-electron chi connectivity index (χ2n) is 10.3. The van der Waals surface area contributed by atoms with Gasteiger partial charge in [-0.05, 0) is 61.6 Å². The van der Waals surface area contributed by atoms with E-state index in [1.165, 1.54) is 5.56 Å². The Kier molecular flexibility index (Phi) is 15.4. The quantitative estimate of drug-likeness (QED) is 0.239. The van der Waals surface area contributed by atoms with E-state index in [0.717, 1.165) is 42.2 Å². The van der Waals surface area contributed by atoms with E-state index in [9.17, 15) is 9.59 Å². The number of hydrogen-bond acceptors (Lipinski definition) is 7. The van der Waals surface area contributed by atoms with Crippen LogP contribution in [0, 0.1) is 6.92 Å². The van der Waals surface area contributed by atoms with Gasteiger partial charge in [0, 0.05) is 56.2 Å². The number of nitrogens with one attached hydrogen (secondary N) is 1. The van der Waals surface area contributed by atoms with Gasteiger partial charge in [0.2, 0.25) is 0 Å². The fraction of sp³-hybridized carbons (Fsp3) is 0.562. The van der Waals surface area contributed by atoms with Crippen molar-refractivity contribution in [3.05, 3.63) is 69.7 Å². The molecule has 0 aromatic heterocycles. The summed E-state index contributed by atoms with van der Waals surface area (Å²) in [6.45, 7) is 10.9. The Morgan fingerprint density at radius 3 is 2.41 bits per heavy atom. The third kappa shape index (κ3) is 13.0. The average molecular weight is 589 g/mol.